The highest BCUT2D eigenvalue weighted by atomic mass is 79.9. The van der Waals surface area contributed by atoms with Gasteiger partial charge in [-0.3, -0.25) is 0 Å². The summed E-state index contributed by atoms with van der Waals surface area (Å²) in [5.74, 6) is 0.957. The van der Waals surface area contributed by atoms with E-state index in [0.717, 1.165) is 21.1 Å². The van der Waals surface area contributed by atoms with E-state index < -0.39 is 0 Å². The summed E-state index contributed by atoms with van der Waals surface area (Å²) >= 11 is 3.58. The van der Waals surface area contributed by atoms with Gasteiger partial charge < -0.3 is 14.7 Å². The number of nitrogens with zero attached hydrogens (tertiary/aromatic N) is 2. The van der Waals surface area contributed by atoms with Gasteiger partial charge in [0.05, 0.1) is 25.4 Å². The number of morpholine rings is 1. The molecular weight excluding hydrogens is 320 g/mol. The SMILES string of the molecule is CC1COC(CO)CN1c1nccc2c(Br)cccc12. The molecule has 1 N–H and O–H groups in total. The standard InChI is InChI=1S/C15H17BrN2O2/c1-10-9-20-11(8-19)7-18(10)15-13-3-2-4-14(16)12(13)5-6-17-15/h2-6,10-11,19H,7-9H2,1H3. The zero-order chi connectivity index (χ0) is 14.1. The number of pyridine rings is 1. The first-order valence-electron chi connectivity index (χ1n) is 6.73. The fourth-order valence-corrected chi connectivity index (χ4v) is 3.10. The average Bonchev–Trinajstić information content (AvgIpc) is 2.48. The third-order valence-corrected chi connectivity index (χ3v) is 4.40. The van der Waals surface area contributed by atoms with Crippen LogP contribution in [0.25, 0.3) is 10.8 Å². The number of anilines is 1. The normalized spacial score (nSPS) is 23.2. The molecule has 1 aromatic heterocycles. The minimum atomic E-state index is -0.143. The molecule has 0 spiro atoms. The minimum absolute atomic E-state index is 0.0394. The molecule has 2 unspecified atom stereocenters. The molecule has 0 aliphatic carbocycles. The van der Waals surface area contributed by atoms with Crippen LogP contribution in [0.1, 0.15) is 6.92 Å². The lowest BCUT2D eigenvalue weighted by Gasteiger charge is -2.38. The summed E-state index contributed by atoms with van der Waals surface area (Å²) < 4.78 is 6.67. The van der Waals surface area contributed by atoms with Crippen LogP contribution in [-0.4, -0.2) is 42.0 Å². The van der Waals surface area contributed by atoms with Gasteiger partial charge in [0.2, 0.25) is 0 Å². The van der Waals surface area contributed by atoms with Gasteiger partial charge in [-0.1, -0.05) is 28.1 Å². The van der Waals surface area contributed by atoms with Crippen molar-refractivity contribution in [3.8, 4) is 0 Å². The second-order valence-corrected chi connectivity index (χ2v) is 5.96. The molecule has 1 fully saturated rings. The molecule has 2 atom stereocenters. The highest BCUT2D eigenvalue weighted by Gasteiger charge is 2.27. The van der Waals surface area contributed by atoms with E-state index in [4.69, 9.17) is 4.74 Å². The highest BCUT2D eigenvalue weighted by Crippen LogP contribution is 2.31. The Bertz CT molecular complexity index is 620. The van der Waals surface area contributed by atoms with Crippen LogP contribution in [0.5, 0.6) is 0 Å². The molecular formula is C15H17BrN2O2. The Morgan fingerprint density at radius 2 is 2.25 bits per heavy atom. The first kappa shape index (κ1) is 13.8. The van der Waals surface area contributed by atoms with Gasteiger partial charge in [-0.25, -0.2) is 4.98 Å². The van der Waals surface area contributed by atoms with E-state index in [-0.39, 0.29) is 18.8 Å². The summed E-state index contributed by atoms with van der Waals surface area (Å²) in [7, 11) is 0. The van der Waals surface area contributed by atoms with E-state index in [0.29, 0.717) is 13.2 Å². The molecule has 0 amide bonds. The summed E-state index contributed by atoms with van der Waals surface area (Å²) in [5, 5.41) is 11.6. The maximum Gasteiger partial charge on any atom is 0.136 e. The molecule has 2 aromatic rings. The van der Waals surface area contributed by atoms with E-state index in [1.165, 1.54) is 0 Å². The van der Waals surface area contributed by atoms with Gasteiger partial charge in [0.15, 0.2) is 0 Å². The Balaban J connectivity index is 2.07. The largest absolute Gasteiger partial charge is 0.394 e. The molecule has 2 heterocycles. The van der Waals surface area contributed by atoms with Gasteiger partial charge in [-0.05, 0) is 19.1 Å². The first-order chi connectivity index (χ1) is 9.70. The van der Waals surface area contributed by atoms with Crippen molar-refractivity contribution < 1.29 is 9.84 Å². The maximum atomic E-state index is 9.32. The van der Waals surface area contributed by atoms with Gasteiger partial charge in [-0.15, -0.1) is 0 Å². The molecule has 1 aliphatic rings. The van der Waals surface area contributed by atoms with Crippen LogP contribution < -0.4 is 4.90 Å². The van der Waals surface area contributed by atoms with Crippen LogP contribution in [0.2, 0.25) is 0 Å². The van der Waals surface area contributed by atoms with Gasteiger partial charge in [0, 0.05) is 28.0 Å². The summed E-state index contributed by atoms with van der Waals surface area (Å²) in [4.78, 5) is 6.78. The van der Waals surface area contributed by atoms with Crippen molar-refractivity contribution in [3.63, 3.8) is 0 Å². The van der Waals surface area contributed by atoms with Crippen LogP contribution in [-0.2, 0) is 4.74 Å². The van der Waals surface area contributed by atoms with Gasteiger partial charge >= 0.3 is 0 Å². The van der Waals surface area contributed by atoms with E-state index in [1.807, 2.05) is 24.4 Å². The van der Waals surface area contributed by atoms with Crippen molar-refractivity contribution in [2.45, 2.75) is 19.1 Å². The fourth-order valence-electron chi connectivity index (χ4n) is 2.61. The summed E-state index contributed by atoms with van der Waals surface area (Å²) in [5.41, 5.74) is 0. The molecule has 5 heteroatoms. The van der Waals surface area contributed by atoms with Crippen molar-refractivity contribution >= 4 is 32.5 Å². The molecule has 3 rings (SSSR count). The summed E-state index contributed by atoms with van der Waals surface area (Å²) in [6.07, 6.45) is 1.69. The number of hydrogen-bond donors (Lipinski definition) is 1. The summed E-state index contributed by atoms with van der Waals surface area (Å²) in [6, 6.07) is 8.39. The van der Waals surface area contributed by atoms with Gasteiger partial charge in [0.25, 0.3) is 0 Å². The van der Waals surface area contributed by atoms with Crippen molar-refractivity contribution in [1.29, 1.82) is 0 Å². The number of rotatable bonds is 2. The van der Waals surface area contributed by atoms with Crippen LogP contribution in [0.3, 0.4) is 0 Å². The zero-order valence-corrected chi connectivity index (χ0v) is 12.9. The van der Waals surface area contributed by atoms with Crippen LogP contribution in [0, 0.1) is 0 Å². The van der Waals surface area contributed by atoms with Crippen molar-refractivity contribution in [3.05, 3.63) is 34.9 Å². The number of ether oxygens (including phenoxy) is 1. The lowest BCUT2D eigenvalue weighted by molar-refractivity contribution is -0.0104. The zero-order valence-electron chi connectivity index (χ0n) is 11.3. The van der Waals surface area contributed by atoms with Gasteiger partial charge in [-0.2, -0.15) is 0 Å². The average molecular weight is 337 g/mol. The van der Waals surface area contributed by atoms with Crippen LogP contribution >= 0.6 is 15.9 Å². The molecule has 1 saturated heterocycles. The molecule has 1 aromatic carbocycles. The van der Waals surface area contributed by atoms with E-state index >= 15 is 0 Å². The number of aromatic nitrogens is 1. The third kappa shape index (κ3) is 2.41. The first-order valence-corrected chi connectivity index (χ1v) is 7.52. The molecule has 20 heavy (non-hydrogen) atoms. The number of benzene rings is 1. The smallest absolute Gasteiger partial charge is 0.136 e. The predicted octanol–water partition coefficient (Wildman–Crippen LogP) is 2.58. The Kier molecular flexibility index (Phi) is 3.92. The lowest BCUT2D eigenvalue weighted by Crippen LogP contribution is -2.50. The molecule has 0 radical (unpaired) electrons. The predicted molar refractivity (Wildman–Crippen MR) is 83.1 cm³/mol. The number of aliphatic hydroxyl groups excluding tert-OH is 1. The van der Waals surface area contributed by atoms with E-state index in [1.54, 1.807) is 0 Å². The third-order valence-electron chi connectivity index (χ3n) is 3.71. The van der Waals surface area contributed by atoms with E-state index in [9.17, 15) is 5.11 Å². The Labute approximate surface area is 126 Å². The second-order valence-electron chi connectivity index (χ2n) is 5.11. The number of fused-ring (bicyclic) bond motifs is 1. The molecule has 0 saturated carbocycles. The quantitative estimate of drug-likeness (QED) is 0.915. The number of halogens is 1. The number of aliphatic hydroxyl groups is 1. The second kappa shape index (κ2) is 5.68. The van der Waals surface area contributed by atoms with Crippen molar-refractivity contribution in [1.82, 2.24) is 4.98 Å². The van der Waals surface area contributed by atoms with Crippen molar-refractivity contribution in [2.75, 3.05) is 24.7 Å². The maximum absolute atomic E-state index is 9.32. The van der Waals surface area contributed by atoms with Crippen LogP contribution in [0.15, 0.2) is 34.9 Å². The van der Waals surface area contributed by atoms with Gasteiger partial charge in [0.1, 0.15) is 5.82 Å². The van der Waals surface area contributed by atoms with E-state index in [2.05, 4.69) is 38.8 Å². The fraction of sp³-hybridized carbons (Fsp3) is 0.400. The van der Waals surface area contributed by atoms with Crippen molar-refractivity contribution in [2.24, 2.45) is 0 Å². The molecule has 4 nitrogen and oxygen atoms in total. The topological polar surface area (TPSA) is 45.6 Å². The van der Waals surface area contributed by atoms with Crippen LogP contribution in [0.4, 0.5) is 5.82 Å². The monoisotopic (exact) mass is 336 g/mol. The Morgan fingerprint density at radius 1 is 1.40 bits per heavy atom. The molecule has 1 aliphatic heterocycles. The lowest BCUT2D eigenvalue weighted by atomic mass is 10.1. The highest BCUT2D eigenvalue weighted by molar-refractivity contribution is 9.10. The molecule has 0 bridgehead atoms. The minimum Gasteiger partial charge on any atom is -0.394 e. The molecule has 106 valence electrons. The Hall–Kier alpha value is -1.17. The Morgan fingerprint density at radius 3 is 3.05 bits per heavy atom. The number of hydrogen-bond acceptors (Lipinski definition) is 4. The summed E-state index contributed by atoms with van der Waals surface area (Å²) in [6.45, 7) is 3.43.